The molecule has 1 atom stereocenters. The lowest BCUT2D eigenvalue weighted by atomic mass is 10.2. The number of rotatable bonds is 1. The third-order valence-electron chi connectivity index (χ3n) is 2.27. The monoisotopic (exact) mass is 206 g/mol. The summed E-state index contributed by atoms with van der Waals surface area (Å²) in [5.41, 5.74) is 0.546. The van der Waals surface area contributed by atoms with Crippen molar-refractivity contribution < 1.29 is 9.59 Å². The maximum absolute atomic E-state index is 11.6. The van der Waals surface area contributed by atoms with Gasteiger partial charge in [-0.25, -0.2) is 9.97 Å². The van der Waals surface area contributed by atoms with Crippen molar-refractivity contribution in [3.05, 3.63) is 18.7 Å². The van der Waals surface area contributed by atoms with E-state index in [1.54, 1.807) is 6.92 Å². The largest absolute Gasteiger partial charge is 0.345 e. The number of carbonyl (C=O) groups excluding carboxylic acids is 2. The van der Waals surface area contributed by atoms with Gasteiger partial charge in [-0.15, -0.1) is 0 Å². The molecule has 0 radical (unpaired) electrons. The van der Waals surface area contributed by atoms with Crippen LogP contribution in [0.5, 0.6) is 0 Å². The molecule has 1 aliphatic heterocycles. The maximum atomic E-state index is 11.6. The summed E-state index contributed by atoms with van der Waals surface area (Å²) in [5.74, 6) is -0.324. The minimum Gasteiger partial charge on any atom is -0.345 e. The van der Waals surface area contributed by atoms with Gasteiger partial charge in [-0.2, -0.15) is 0 Å². The summed E-state index contributed by atoms with van der Waals surface area (Å²) in [5, 5.41) is 2.51. The van der Waals surface area contributed by atoms with Gasteiger partial charge in [0.15, 0.2) is 0 Å². The number of anilines is 1. The second kappa shape index (κ2) is 3.64. The number of nitrogens with one attached hydrogen (secondary N) is 1. The molecular formula is C9H10N4O2. The Labute approximate surface area is 86.3 Å². The molecule has 0 spiro atoms. The fourth-order valence-electron chi connectivity index (χ4n) is 1.51. The van der Waals surface area contributed by atoms with Crippen LogP contribution in [0.1, 0.15) is 6.92 Å². The van der Waals surface area contributed by atoms with Crippen LogP contribution in [-0.2, 0) is 9.59 Å². The van der Waals surface area contributed by atoms with Crippen molar-refractivity contribution in [1.82, 2.24) is 15.3 Å². The smallest absolute Gasteiger partial charge is 0.247 e. The molecule has 78 valence electrons. The van der Waals surface area contributed by atoms with Crippen molar-refractivity contribution in [2.75, 3.05) is 11.4 Å². The number of aromatic nitrogens is 2. The second-order valence-electron chi connectivity index (χ2n) is 3.25. The molecule has 1 N–H and O–H groups in total. The lowest BCUT2D eigenvalue weighted by Crippen LogP contribution is -2.57. The summed E-state index contributed by atoms with van der Waals surface area (Å²) in [7, 11) is 0. The minimum atomic E-state index is -0.516. The zero-order chi connectivity index (χ0) is 10.8. The predicted molar refractivity (Wildman–Crippen MR) is 52.0 cm³/mol. The Hall–Kier alpha value is -1.98. The standard InChI is InChI=1S/C9H10N4O2/c1-6-9(15)12-4-8(14)13(6)7-2-10-5-11-3-7/h2-3,5-6H,4H2,1H3,(H,12,15). The third kappa shape index (κ3) is 1.65. The maximum Gasteiger partial charge on any atom is 0.247 e. The average Bonchev–Trinajstić information content (AvgIpc) is 2.26. The lowest BCUT2D eigenvalue weighted by Gasteiger charge is -2.31. The summed E-state index contributed by atoms with van der Waals surface area (Å²) in [6.07, 6.45) is 4.41. The Morgan fingerprint density at radius 3 is 2.73 bits per heavy atom. The molecule has 1 aromatic heterocycles. The summed E-state index contributed by atoms with van der Waals surface area (Å²) in [6, 6.07) is -0.516. The van der Waals surface area contributed by atoms with Crippen LogP contribution >= 0.6 is 0 Å². The van der Waals surface area contributed by atoms with Crippen LogP contribution in [0.25, 0.3) is 0 Å². The molecule has 6 nitrogen and oxygen atoms in total. The molecule has 0 bridgehead atoms. The molecule has 15 heavy (non-hydrogen) atoms. The number of carbonyl (C=O) groups is 2. The van der Waals surface area contributed by atoms with E-state index in [9.17, 15) is 9.59 Å². The van der Waals surface area contributed by atoms with E-state index in [1.807, 2.05) is 0 Å². The van der Waals surface area contributed by atoms with Crippen LogP contribution in [0.2, 0.25) is 0 Å². The number of hydrogen-bond donors (Lipinski definition) is 1. The van der Waals surface area contributed by atoms with Gasteiger partial charge in [0.05, 0.1) is 24.6 Å². The molecule has 1 fully saturated rings. The first-order valence-corrected chi connectivity index (χ1v) is 4.55. The SMILES string of the molecule is CC1C(=O)NCC(=O)N1c1cncnc1. The predicted octanol–water partition coefficient (Wildman–Crippen LogP) is -0.672. The van der Waals surface area contributed by atoms with E-state index in [0.717, 1.165) is 0 Å². The van der Waals surface area contributed by atoms with Gasteiger partial charge < -0.3 is 5.32 Å². The van der Waals surface area contributed by atoms with E-state index < -0.39 is 6.04 Å². The lowest BCUT2D eigenvalue weighted by molar-refractivity contribution is -0.130. The number of piperazine rings is 1. The fraction of sp³-hybridized carbons (Fsp3) is 0.333. The molecule has 6 heteroatoms. The van der Waals surface area contributed by atoms with E-state index in [-0.39, 0.29) is 18.4 Å². The molecule has 1 unspecified atom stereocenters. The van der Waals surface area contributed by atoms with Crippen molar-refractivity contribution in [3.63, 3.8) is 0 Å². The van der Waals surface area contributed by atoms with E-state index >= 15 is 0 Å². The Morgan fingerprint density at radius 1 is 1.40 bits per heavy atom. The molecule has 0 aliphatic carbocycles. The Bertz CT molecular complexity index is 392. The van der Waals surface area contributed by atoms with Crippen molar-refractivity contribution in [1.29, 1.82) is 0 Å². The van der Waals surface area contributed by atoms with E-state index in [0.29, 0.717) is 5.69 Å². The Morgan fingerprint density at radius 2 is 2.07 bits per heavy atom. The molecule has 1 aliphatic rings. The average molecular weight is 206 g/mol. The normalized spacial score (nSPS) is 21.4. The summed E-state index contributed by atoms with van der Waals surface area (Å²) in [4.78, 5) is 32.0. The van der Waals surface area contributed by atoms with Crippen LogP contribution in [-0.4, -0.2) is 34.4 Å². The van der Waals surface area contributed by atoms with E-state index in [1.165, 1.54) is 23.6 Å². The molecule has 1 saturated heterocycles. The molecule has 0 saturated carbocycles. The van der Waals surface area contributed by atoms with Crippen LogP contribution in [0, 0.1) is 0 Å². The number of hydrogen-bond acceptors (Lipinski definition) is 4. The molecule has 2 amide bonds. The first-order valence-electron chi connectivity index (χ1n) is 4.55. The van der Waals surface area contributed by atoms with Crippen molar-refractivity contribution in [2.45, 2.75) is 13.0 Å². The van der Waals surface area contributed by atoms with Gasteiger partial charge in [-0.05, 0) is 6.92 Å². The Balaban J connectivity index is 2.33. The highest BCUT2D eigenvalue weighted by Crippen LogP contribution is 2.16. The fourth-order valence-corrected chi connectivity index (χ4v) is 1.51. The van der Waals surface area contributed by atoms with Gasteiger partial charge in [0.25, 0.3) is 0 Å². The highest BCUT2D eigenvalue weighted by atomic mass is 16.2. The number of nitrogens with zero attached hydrogens (tertiary/aromatic N) is 3. The zero-order valence-electron chi connectivity index (χ0n) is 8.17. The number of amides is 2. The second-order valence-corrected chi connectivity index (χ2v) is 3.25. The summed E-state index contributed by atoms with van der Waals surface area (Å²) >= 11 is 0. The summed E-state index contributed by atoms with van der Waals surface area (Å²) in [6.45, 7) is 1.69. The topological polar surface area (TPSA) is 75.2 Å². The molecular weight excluding hydrogens is 196 g/mol. The van der Waals surface area contributed by atoms with Crippen LogP contribution in [0.3, 0.4) is 0 Å². The zero-order valence-corrected chi connectivity index (χ0v) is 8.17. The summed E-state index contributed by atoms with van der Waals surface area (Å²) < 4.78 is 0. The van der Waals surface area contributed by atoms with Crippen LogP contribution in [0.15, 0.2) is 18.7 Å². The quantitative estimate of drug-likeness (QED) is 0.661. The highest BCUT2D eigenvalue weighted by Gasteiger charge is 2.32. The van der Waals surface area contributed by atoms with Gasteiger partial charge in [-0.3, -0.25) is 14.5 Å². The van der Waals surface area contributed by atoms with Crippen molar-refractivity contribution in [3.8, 4) is 0 Å². The van der Waals surface area contributed by atoms with Gasteiger partial charge in [0.2, 0.25) is 11.8 Å². The van der Waals surface area contributed by atoms with E-state index in [4.69, 9.17) is 0 Å². The van der Waals surface area contributed by atoms with Gasteiger partial charge in [0.1, 0.15) is 12.4 Å². The first-order chi connectivity index (χ1) is 7.20. The van der Waals surface area contributed by atoms with Gasteiger partial charge in [-0.1, -0.05) is 0 Å². The molecule has 1 aromatic rings. The highest BCUT2D eigenvalue weighted by molar-refractivity contribution is 6.06. The molecule has 0 aromatic carbocycles. The van der Waals surface area contributed by atoms with Crippen molar-refractivity contribution in [2.24, 2.45) is 0 Å². The van der Waals surface area contributed by atoms with Gasteiger partial charge >= 0.3 is 0 Å². The Kier molecular flexibility index (Phi) is 2.32. The molecule has 2 heterocycles. The molecule has 2 rings (SSSR count). The van der Waals surface area contributed by atoms with Crippen LogP contribution in [0.4, 0.5) is 5.69 Å². The first kappa shape index (κ1) is 9.57. The van der Waals surface area contributed by atoms with Crippen LogP contribution < -0.4 is 10.2 Å². The van der Waals surface area contributed by atoms with Crippen molar-refractivity contribution >= 4 is 17.5 Å². The third-order valence-corrected chi connectivity index (χ3v) is 2.27. The van der Waals surface area contributed by atoms with E-state index in [2.05, 4.69) is 15.3 Å². The van der Waals surface area contributed by atoms with Gasteiger partial charge in [0, 0.05) is 0 Å². The minimum absolute atomic E-state index is 0.0259.